The summed E-state index contributed by atoms with van der Waals surface area (Å²) in [6.45, 7) is 11.0. The molecule has 1 amide bonds. The first kappa shape index (κ1) is 16.4. The first-order chi connectivity index (χ1) is 9.04. The molecule has 1 aliphatic heterocycles. The molecule has 0 aromatic heterocycles. The van der Waals surface area contributed by atoms with Crippen molar-refractivity contribution in [3.05, 3.63) is 0 Å². The predicted molar refractivity (Wildman–Crippen MR) is 78.2 cm³/mol. The molecule has 1 unspecified atom stereocenters. The molecule has 1 fully saturated rings. The molecule has 0 aliphatic carbocycles. The summed E-state index contributed by atoms with van der Waals surface area (Å²) >= 11 is 0. The Morgan fingerprint density at radius 2 is 2.21 bits per heavy atom. The van der Waals surface area contributed by atoms with Gasteiger partial charge in [0.15, 0.2) is 0 Å². The van der Waals surface area contributed by atoms with Crippen LogP contribution in [-0.2, 0) is 9.53 Å². The van der Waals surface area contributed by atoms with Crippen molar-refractivity contribution in [2.24, 2.45) is 5.92 Å². The van der Waals surface area contributed by atoms with E-state index in [2.05, 4.69) is 11.8 Å². The maximum absolute atomic E-state index is 11.8. The minimum atomic E-state index is 0.0818. The quantitative estimate of drug-likeness (QED) is 0.709. The van der Waals surface area contributed by atoms with Gasteiger partial charge in [-0.3, -0.25) is 9.69 Å². The summed E-state index contributed by atoms with van der Waals surface area (Å²) in [4.78, 5) is 16.1. The van der Waals surface area contributed by atoms with Crippen molar-refractivity contribution in [2.75, 3.05) is 39.8 Å². The molecule has 0 spiro atoms. The van der Waals surface area contributed by atoms with Crippen LogP contribution in [-0.4, -0.2) is 61.6 Å². The van der Waals surface area contributed by atoms with Crippen molar-refractivity contribution in [1.29, 1.82) is 0 Å². The van der Waals surface area contributed by atoms with E-state index >= 15 is 0 Å². The summed E-state index contributed by atoms with van der Waals surface area (Å²) in [5.41, 5.74) is 0. The van der Waals surface area contributed by atoms with Crippen molar-refractivity contribution >= 4 is 5.91 Å². The van der Waals surface area contributed by atoms with Crippen LogP contribution in [0.25, 0.3) is 0 Å². The third-order valence-electron chi connectivity index (χ3n) is 3.71. The number of ether oxygens (including phenoxy) is 1. The smallest absolute Gasteiger partial charge is 0.224 e. The summed E-state index contributed by atoms with van der Waals surface area (Å²) < 4.78 is 5.80. The molecule has 1 rings (SSSR count). The largest absolute Gasteiger partial charge is 0.375 e. The standard InChI is InChI=1S/C15H30N2O2/c1-5-6-8-17-10-11-19-14(12-17)7-9-16(4)15(18)13(2)3/h13-14H,5-12H2,1-4H3. The fraction of sp³-hybridized carbons (Fsp3) is 0.933. The molecule has 0 N–H and O–H groups in total. The van der Waals surface area contributed by atoms with Crippen molar-refractivity contribution in [3.63, 3.8) is 0 Å². The van der Waals surface area contributed by atoms with Gasteiger partial charge in [-0.25, -0.2) is 0 Å². The number of amides is 1. The summed E-state index contributed by atoms with van der Waals surface area (Å²) in [5, 5.41) is 0. The molecular weight excluding hydrogens is 240 g/mol. The lowest BCUT2D eigenvalue weighted by atomic mass is 10.1. The van der Waals surface area contributed by atoms with E-state index in [9.17, 15) is 4.79 Å². The number of hydrogen-bond acceptors (Lipinski definition) is 3. The van der Waals surface area contributed by atoms with Gasteiger partial charge in [0, 0.05) is 32.6 Å². The van der Waals surface area contributed by atoms with Crippen molar-refractivity contribution < 1.29 is 9.53 Å². The van der Waals surface area contributed by atoms with Crippen LogP contribution in [0.4, 0.5) is 0 Å². The van der Waals surface area contributed by atoms with Crippen LogP contribution < -0.4 is 0 Å². The van der Waals surface area contributed by atoms with E-state index in [4.69, 9.17) is 4.74 Å². The SMILES string of the molecule is CCCCN1CCOC(CCN(C)C(=O)C(C)C)C1. The highest BCUT2D eigenvalue weighted by Gasteiger charge is 2.21. The summed E-state index contributed by atoms with van der Waals surface area (Å²) in [6, 6.07) is 0. The molecule has 4 nitrogen and oxygen atoms in total. The van der Waals surface area contributed by atoms with Gasteiger partial charge in [0.2, 0.25) is 5.91 Å². The molecule has 0 bridgehead atoms. The molecule has 1 heterocycles. The van der Waals surface area contributed by atoms with Crippen molar-refractivity contribution in [2.45, 2.75) is 46.1 Å². The van der Waals surface area contributed by atoms with E-state index < -0.39 is 0 Å². The Balaban J connectivity index is 2.26. The highest BCUT2D eigenvalue weighted by Crippen LogP contribution is 2.11. The molecule has 0 aromatic carbocycles. The minimum Gasteiger partial charge on any atom is -0.375 e. The zero-order chi connectivity index (χ0) is 14.3. The molecule has 1 saturated heterocycles. The molecule has 19 heavy (non-hydrogen) atoms. The van der Waals surface area contributed by atoms with Gasteiger partial charge in [-0.05, 0) is 19.4 Å². The lowest BCUT2D eigenvalue weighted by Crippen LogP contribution is -2.44. The number of hydrogen-bond donors (Lipinski definition) is 0. The molecule has 0 aromatic rings. The van der Waals surface area contributed by atoms with E-state index in [1.807, 2.05) is 25.8 Å². The molecule has 1 aliphatic rings. The van der Waals surface area contributed by atoms with Crippen LogP contribution in [0, 0.1) is 5.92 Å². The second-order valence-electron chi connectivity index (χ2n) is 5.85. The predicted octanol–water partition coefficient (Wildman–Crippen LogP) is 1.99. The second-order valence-corrected chi connectivity index (χ2v) is 5.85. The zero-order valence-corrected chi connectivity index (χ0v) is 13.0. The molecule has 112 valence electrons. The molecule has 0 saturated carbocycles. The molecule has 1 atom stereocenters. The Morgan fingerprint density at radius 1 is 1.47 bits per heavy atom. The van der Waals surface area contributed by atoms with Crippen LogP contribution in [0.3, 0.4) is 0 Å². The van der Waals surface area contributed by atoms with Crippen molar-refractivity contribution in [1.82, 2.24) is 9.80 Å². The van der Waals surface area contributed by atoms with E-state index in [0.29, 0.717) is 0 Å². The normalized spacial score (nSPS) is 20.8. The fourth-order valence-corrected chi connectivity index (χ4v) is 2.43. The average molecular weight is 270 g/mol. The van der Waals surface area contributed by atoms with Gasteiger partial charge in [-0.2, -0.15) is 0 Å². The molecule has 4 heteroatoms. The second kappa shape index (κ2) is 8.54. The molecule has 0 radical (unpaired) electrons. The number of nitrogens with zero attached hydrogens (tertiary/aromatic N) is 2. The number of carbonyl (C=O) groups is 1. The van der Waals surface area contributed by atoms with E-state index in [1.54, 1.807) is 0 Å². The third kappa shape index (κ3) is 5.91. The lowest BCUT2D eigenvalue weighted by Gasteiger charge is -2.33. The summed E-state index contributed by atoms with van der Waals surface area (Å²) in [5.74, 6) is 0.303. The Kier molecular flexibility index (Phi) is 7.39. The fourth-order valence-electron chi connectivity index (χ4n) is 2.43. The van der Waals surface area contributed by atoms with Crippen LogP contribution in [0.2, 0.25) is 0 Å². The summed E-state index contributed by atoms with van der Waals surface area (Å²) in [7, 11) is 1.89. The Labute approximate surface area is 118 Å². The maximum Gasteiger partial charge on any atom is 0.224 e. The van der Waals surface area contributed by atoms with E-state index in [1.165, 1.54) is 19.4 Å². The number of carbonyl (C=O) groups excluding carboxylic acids is 1. The third-order valence-corrected chi connectivity index (χ3v) is 3.71. The van der Waals surface area contributed by atoms with Gasteiger partial charge in [0.1, 0.15) is 0 Å². The average Bonchev–Trinajstić information content (AvgIpc) is 2.42. The monoisotopic (exact) mass is 270 g/mol. The highest BCUT2D eigenvalue weighted by molar-refractivity contribution is 5.77. The van der Waals surface area contributed by atoms with E-state index in [0.717, 1.165) is 32.7 Å². The van der Waals surface area contributed by atoms with Crippen LogP contribution in [0.15, 0.2) is 0 Å². The zero-order valence-electron chi connectivity index (χ0n) is 13.0. The highest BCUT2D eigenvalue weighted by atomic mass is 16.5. The first-order valence-corrected chi connectivity index (χ1v) is 7.63. The van der Waals surface area contributed by atoms with Crippen molar-refractivity contribution in [3.8, 4) is 0 Å². The Hall–Kier alpha value is -0.610. The minimum absolute atomic E-state index is 0.0818. The topological polar surface area (TPSA) is 32.8 Å². The van der Waals surface area contributed by atoms with E-state index in [-0.39, 0.29) is 17.9 Å². The Morgan fingerprint density at radius 3 is 2.84 bits per heavy atom. The Bertz CT molecular complexity index is 269. The first-order valence-electron chi connectivity index (χ1n) is 7.63. The van der Waals surface area contributed by atoms with Gasteiger partial charge < -0.3 is 9.64 Å². The van der Waals surface area contributed by atoms with Crippen LogP contribution in [0.1, 0.15) is 40.0 Å². The number of rotatable bonds is 7. The van der Waals surface area contributed by atoms with Gasteiger partial charge in [-0.1, -0.05) is 27.2 Å². The van der Waals surface area contributed by atoms with Gasteiger partial charge in [0.05, 0.1) is 12.7 Å². The van der Waals surface area contributed by atoms with Gasteiger partial charge in [0.25, 0.3) is 0 Å². The van der Waals surface area contributed by atoms with Crippen LogP contribution >= 0.6 is 0 Å². The summed E-state index contributed by atoms with van der Waals surface area (Å²) in [6.07, 6.45) is 3.73. The number of unbranched alkanes of at least 4 members (excludes halogenated alkanes) is 1. The van der Waals surface area contributed by atoms with Gasteiger partial charge in [-0.15, -0.1) is 0 Å². The van der Waals surface area contributed by atoms with Gasteiger partial charge >= 0.3 is 0 Å². The lowest BCUT2D eigenvalue weighted by molar-refractivity contribution is -0.133. The van der Waals surface area contributed by atoms with Crippen LogP contribution in [0.5, 0.6) is 0 Å². The molecular formula is C15H30N2O2. The maximum atomic E-state index is 11.8. The number of morpholine rings is 1.